The van der Waals surface area contributed by atoms with Crippen molar-refractivity contribution in [3.8, 4) is 5.69 Å². The minimum Gasteiger partial charge on any atom is -0.328 e. The zero-order valence-corrected chi connectivity index (χ0v) is 20.5. The third-order valence-corrected chi connectivity index (χ3v) is 8.92. The lowest BCUT2D eigenvalue weighted by atomic mass is 10.3. The number of benzene rings is 2. The van der Waals surface area contributed by atoms with E-state index in [4.69, 9.17) is 17.2 Å². The van der Waals surface area contributed by atoms with Crippen LogP contribution in [0.25, 0.3) is 16.7 Å². The smallest absolute Gasteiger partial charge is 0.242 e. The Morgan fingerprint density at radius 1 is 1.16 bits per heavy atom. The molecule has 162 valence electrons. The van der Waals surface area contributed by atoms with Gasteiger partial charge in [0.1, 0.15) is 5.82 Å². The summed E-state index contributed by atoms with van der Waals surface area (Å²) in [4.78, 5) is 4.96. The quantitative estimate of drug-likeness (QED) is 0.278. The maximum Gasteiger partial charge on any atom is 0.242 e. The van der Waals surface area contributed by atoms with E-state index in [1.807, 2.05) is 43.3 Å². The predicted octanol–water partition coefficient (Wildman–Crippen LogP) is 4.58. The summed E-state index contributed by atoms with van der Waals surface area (Å²) in [5.74, 6) is 1.48. The second-order valence-electron chi connectivity index (χ2n) is 6.88. The molecule has 31 heavy (non-hydrogen) atoms. The number of aryl methyl sites for hydroxylation is 1. The summed E-state index contributed by atoms with van der Waals surface area (Å²) in [6.07, 6.45) is 0. The Hall–Kier alpha value is -2.05. The van der Waals surface area contributed by atoms with E-state index >= 15 is 0 Å². The van der Waals surface area contributed by atoms with Crippen LogP contribution in [0.4, 0.5) is 0 Å². The molecule has 2 aromatic carbocycles. The molecule has 11 heteroatoms. The number of para-hydroxylation sites is 1. The van der Waals surface area contributed by atoms with Gasteiger partial charge >= 0.3 is 0 Å². The molecule has 4 aromatic rings. The number of sulfonamides is 1. The molecule has 2 aromatic heterocycles. The molecule has 0 atom stereocenters. The average Bonchev–Trinajstić information content (AvgIpc) is 3.31. The summed E-state index contributed by atoms with van der Waals surface area (Å²) in [5, 5.41) is 4.64. The van der Waals surface area contributed by atoms with Crippen molar-refractivity contribution in [1.82, 2.24) is 23.6 Å². The molecular formula is C20H21N5O2S4. The van der Waals surface area contributed by atoms with Crippen LogP contribution in [0.15, 0.2) is 57.8 Å². The van der Waals surface area contributed by atoms with Crippen LogP contribution in [0.2, 0.25) is 0 Å². The van der Waals surface area contributed by atoms with Gasteiger partial charge in [-0.1, -0.05) is 41.3 Å². The minimum absolute atomic E-state index is 0.240. The van der Waals surface area contributed by atoms with Crippen molar-refractivity contribution < 1.29 is 8.42 Å². The van der Waals surface area contributed by atoms with Gasteiger partial charge in [-0.25, -0.2) is 22.4 Å². The fourth-order valence-electron chi connectivity index (χ4n) is 3.17. The molecule has 4 rings (SSSR count). The van der Waals surface area contributed by atoms with Crippen molar-refractivity contribution in [3.63, 3.8) is 0 Å². The summed E-state index contributed by atoms with van der Waals surface area (Å²) >= 11 is 8.52. The van der Waals surface area contributed by atoms with Crippen LogP contribution in [-0.4, -0.2) is 46.1 Å². The topological polar surface area (TPSA) is 73.0 Å². The van der Waals surface area contributed by atoms with Crippen molar-refractivity contribution in [1.29, 1.82) is 0 Å². The van der Waals surface area contributed by atoms with Crippen LogP contribution >= 0.6 is 35.3 Å². The molecule has 7 nitrogen and oxygen atoms in total. The highest BCUT2D eigenvalue weighted by Crippen LogP contribution is 2.29. The first-order chi connectivity index (χ1) is 14.8. The first-order valence-corrected chi connectivity index (χ1v) is 13.2. The van der Waals surface area contributed by atoms with E-state index in [9.17, 15) is 8.42 Å². The van der Waals surface area contributed by atoms with Crippen LogP contribution in [-0.2, 0) is 22.3 Å². The lowest BCUT2D eigenvalue weighted by molar-refractivity contribution is 0.521. The predicted molar refractivity (Wildman–Crippen MR) is 128 cm³/mol. The lowest BCUT2D eigenvalue weighted by Crippen LogP contribution is -2.22. The van der Waals surface area contributed by atoms with E-state index in [0.717, 1.165) is 27.9 Å². The maximum atomic E-state index is 12.5. The number of fused-ring (bicyclic) bond motifs is 1. The van der Waals surface area contributed by atoms with Gasteiger partial charge in [0, 0.05) is 20.6 Å². The second-order valence-corrected chi connectivity index (χ2v) is 11.9. The fraction of sp³-hybridized carbons (Fsp3) is 0.250. The Kier molecular flexibility index (Phi) is 6.31. The highest BCUT2D eigenvalue weighted by molar-refractivity contribution is 8.00. The number of imidazole rings is 1. The molecule has 0 aliphatic rings. The normalized spacial score (nSPS) is 12.1. The van der Waals surface area contributed by atoms with E-state index < -0.39 is 10.0 Å². The largest absolute Gasteiger partial charge is 0.328 e. The molecule has 0 aliphatic heterocycles. The van der Waals surface area contributed by atoms with Crippen LogP contribution in [0.3, 0.4) is 0 Å². The summed E-state index contributed by atoms with van der Waals surface area (Å²) in [6, 6.07) is 14.9. The van der Waals surface area contributed by atoms with Crippen LogP contribution < -0.4 is 0 Å². The number of hydrogen-bond acceptors (Lipinski definition) is 7. The van der Waals surface area contributed by atoms with Gasteiger partial charge in [0.15, 0.2) is 8.29 Å². The monoisotopic (exact) mass is 491 g/mol. The summed E-state index contributed by atoms with van der Waals surface area (Å²) in [5.41, 5.74) is 2.52. The van der Waals surface area contributed by atoms with E-state index in [2.05, 4.69) is 9.67 Å². The summed E-state index contributed by atoms with van der Waals surface area (Å²) in [6.45, 7) is 2.79. The third kappa shape index (κ3) is 4.33. The van der Waals surface area contributed by atoms with Gasteiger partial charge < -0.3 is 4.57 Å². The SMILES string of the molecule is CCn1c(CSc2nn(-c3ccccc3)c(=S)s2)nc2cc(S(=O)(=O)N(C)C)ccc21. The molecule has 0 saturated carbocycles. The lowest BCUT2D eigenvalue weighted by Gasteiger charge is -2.11. The minimum atomic E-state index is -3.51. The molecule has 0 bridgehead atoms. The van der Waals surface area contributed by atoms with Gasteiger partial charge in [-0.15, -0.1) is 5.10 Å². The number of nitrogens with zero attached hydrogens (tertiary/aromatic N) is 5. The molecular weight excluding hydrogens is 471 g/mol. The van der Waals surface area contributed by atoms with Gasteiger partial charge in [-0.3, -0.25) is 0 Å². The van der Waals surface area contributed by atoms with Crippen LogP contribution in [0, 0.1) is 3.95 Å². The number of thioether (sulfide) groups is 1. The molecule has 0 aliphatic carbocycles. The highest BCUT2D eigenvalue weighted by Gasteiger charge is 2.20. The molecule has 0 saturated heterocycles. The zero-order valence-electron chi connectivity index (χ0n) is 17.2. The molecule has 0 unspecified atom stereocenters. The van der Waals surface area contributed by atoms with Crippen molar-refractivity contribution in [2.75, 3.05) is 14.1 Å². The van der Waals surface area contributed by atoms with Gasteiger partial charge in [0.25, 0.3) is 0 Å². The Balaban J connectivity index is 1.62. The standard InChI is InChI=1S/C20H21N5O2S4/c1-4-24-17-11-10-15(31(26,27)23(2)3)12-16(17)21-18(24)13-29-19-22-25(20(28)30-19)14-8-6-5-7-9-14/h5-12H,4,13H2,1-3H3. The van der Waals surface area contributed by atoms with E-state index in [0.29, 0.717) is 15.2 Å². The first-order valence-electron chi connectivity index (χ1n) is 9.51. The van der Waals surface area contributed by atoms with Crippen LogP contribution in [0.1, 0.15) is 12.7 Å². The van der Waals surface area contributed by atoms with E-state index in [-0.39, 0.29) is 4.90 Å². The zero-order chi connectivity index (χ0) is 22.2. The Morgan fingerprint density at radius 2 is 1.90 bits per heavy atom. The van der Waals surface area contributed by atoms with Crippen molar-refractivity contribution in [2.24, 2.45) is 0 Å². The second kappa shape index (κ2) is 8.83. The van der Waals surface area contributed by atoms with Gasteiger partial charge in [-0.2, -0.15) is 0 Å². The molecule has 0 radical (unpaired) electrons. The summed E-state index contributed by atoms with van der Waals surface area (Å²) in [7, 11) is -0.460. The summed E-state index contributed by atoms with van der Waals surface area (Å²) < 4.78 is 31.6. The van der Waals surface area contributed by atoms with Crippen LogP contribution in [0.5, 0.6) is 0 Å². The van der Waals surface area contributed by atoms with Gasteiger partial charge in [-0.05, 0) is 49.5 Å². The van der Waals surface area contributed by atoms with Gasteiger partial charge in [0.2, 0.25) is 10.0 Å². The molecule has 0 fully saturated rings. The Bertz CT molecular complexity index is 1390. The van der Waals surface area contributed by atoms with Gasteiger partial charge in [0.05, 0.1) is 27.4 Å². The van der Waals surface area contributed by atoms with Crippen molar-refractivity contribution >= 4 is 56.4 Å². The van der Waals surface area contributed by atoms with E-state index in [1.165, 1.54) is 29.7 Å². The fourth-order valence-corrected chi connectivity index (χ4v) is 6.40. The maximum absolute atomic E-state index is 12.5. The number of hydrogen-bond donors (Lipinski definition) is 0. The van der Waals surface area contributed by atoms with Crippen molar-refractivity contribution in [3.05, 3.63) is 58.3 Å². The van der Waals surface area contributed by atoms with Crippen molar-refractivity contribution in [2.45, 2.75) is 28.5 Å². The Labute approximate surface area is 194 Å². The average molecular weight is 492 g/mol. The molecule has 2 heterocycles. The number of rotatable bonds is 7. The Morgan fingerprint density at radius 3 is 2.58 bits per heavy atom. The van der Waals surface area contributed by atoms with E-state index in [1.54, 1.807) is 28.6 Å². The molecule has 0 spiro atoms. The first kappa shape index (κ1) is 22.2. The third-order valence-electron chi connectivity index (χ3n) is 4.75. The number of aromatic nitrogens is 4. The highest BCUT2D eigenvalue weighted by atomic mass is 32.2. The molecule has 0 N–H and O–H groups in total. The molecule has 0 amide bonds.